The molecule has 1 aromatic carbocycles. The number of hydrogen-bond donors (Lipinski definition) is 1. The molecule has 0 amide bonds. The lowest BCUT2D eigenvalue weighted by atomic mass is 10.1. The lowest BCUT2D eigenvalue weighted by molar-refractivity contribution is 1.13. The lowest BCUT2D eigenvalue weighted by Gasteiger charge is -2.05. The number of anilines is 1. The average molecular weight is 202 g/mol. The van der Waals surface area contributed by atoms with Crippen molar-refractivity contribution in [2.45, 2.75) is 18.8 Å². The van der Waals surface area contributed by atoms with E-state index in [2.05, 4.69) is 0 Å². The summed E-state index contributed by atoms with van der Waals surface area (Å²) < 4.78 is 0. The van der Waals surface area contributed by atoms with Gasteiger partial charge in [-0.2, -0.15) is 0 Å². The first kappa shape index (κ1) is 8.21. The maximum atomic E-state index is 6.01. The molecule has 0 radical (unpaired) electrons. The highest BCUT2D eigenvalue weighted by molar-refractivity contribution is 6.36. The van der Waals surface area contributed by atoms with Crippen LogP contribution in [0.3, 0.4) is 0 Å². The first-order chi connectivity index (χ1) is 5.68. The summed E-state index contributed by atoms with van der Waals surface area (Å²) in [7, 11) is 0. The molecule has 0 atom stereocenters. The van der Waals surface area contributed by atoms with E-state index in [1.165, 1.54) is 12.8 Å². The SMILES string of the molecule is Nc1cc(Cl)c(C2CC2)c(Cl)c1. The van der Waals surface area contributed by atoms with Gasteiger partial charge in [0.15, 0.2) is 0 Å². The van der Waals surface area contributed by atoms with Gasteiger partial charge in [0, 0.05) is 15.7 Å². The minimum absolute atomic E-state index is 0.575. The second-order valence-electron chi connectivity index (χ2n) is 3.17. The standard InChI is InChI=1S/C9H9Cl2N/c10-7-3-6(12)4-8(11)9(7)5-1-2-5/h3-5H,1-2,12H2. The third kappa shape index (κ3) is 1.39. The zero-order chi connectivity index (χ0) is 8.72. The summed E-state index contributed by atoms with van der Waals surface area (Å²) in [5.41, 5.74) is 7.29. The van der Waals surface area contributed by atoms with Crippen molar-refractivity contribution in [2.75, 3.05) is 5.73 Å². The zero-order valence-electron chi connectivity index (χ0n) is 6.48. The third-order valence-electron chi connectivity index (χ3n) is 2.09. The summed E-state index contributed by atoms with van der Waals surface area (Å²) in [5, 5.41) is 1.42. The maximum Gasteiger partial charge on any atom is 0.0476 e. The van der Waals surface area contributed by atoms with Crippen molar-refractivity contribution >= 4 is 28.9 Å². The highest BCUT2D eigenvalue weighted by Crippen LogP contribution is 2.46. The van der Waals surface area contributed by atoms with Crippen LogP contribution < -0.4 is 5.73 Å². The molecule has 0 aromatic heterocycles. The van der Waals surface area contributed by atoms with Gasteiger partial charge in [0.25, 0.3) is 0 Å². The fraction of sp³-hybridized carbons (Fsp3) is 0.333. The molecule has 0 aliphatic heterocycles. The first-order valence-corrected chi connectivity index (χ1v) is 4.68. The quantitative estimate of drug-likeness (QED) is 0.693. The topological polar surface area (TPSA) is 26.0 Å². The van der Waals surface area contributed by atoms with Crippen LogP contribution in [0.1, 0.15) is 24.3 Å². The Bertz CT molecular complexity index is 295. The molecule has 0 saturated heterocycles. The fourth-order valence-electron chi connectivity index (χ4n) is 1.37. The molecule has 1 saturated carbocycles. The second-order valence-corrected chi connectivity index (χ2v) is 3.99. The maximum absolute atomic E-state index is 6.01. The van der Waals surface area contributed by atoms with Gasteiger partial charge in [-0.25, -0.2) is 0 Å². The van der Waals surface area contributed by atoms with Crippen LogP contribution in [0.5, 0.6) is 0 Å². The van der Waals surface area contributed by atoms with E-state index in [9.17, 15) is 0 Å². The summed E-state index contributed by atoms with van der Waals surface area (Å²) in [6.45, 7) is 0. The largest absolute Gasteiger partial charge is 0.399 e. The molecule has 0 unspecified atom stereocenters. The molecule has 0 spiro atoms. The Morgan fingerprint density at radius 3 is 2.08 bits per heavy atom. The van der Waals surface area contributed by atoms with E-state index >= 15 is 0 Å². The van der Waals surface area contributed by atoms with Crippen LogP contribution in [0.2, 0.25) is 10.0 Å². The molecule has 1 nitrogen and oxygen atoms in total. The minimum atomic E-state index is 0.575. The predicted octanol–water partition coefficient (Wildman–Crippen LogP) is 3.45. The molecule has 1 aromatic rings. The summed E-state index contributed by atoms with van der Waals surface area (Å²) in [6, 6.07) is 3.53. The van der Waals surface area contributed by atoms with Crippen LogP contribution in [0, 0.1) is 0 Å². The van der Waals surface area contributed by atoms with E-state index in [4.69, 9.17) is 28.9 Å². The van der Waals surface area contributed by atoms with E-state index in [1.807, 2.05) is 0 Å². The van der Waals surface area contributed by atoms with Gasteiger partial charge in [-0.15, -0.1) is 0 Å². The van der Waals surface area contributed by atoms with Crippen LogP contribution in [-0.4, -0.2) is 0 Å². The molecular formula is C9H9Cl2N. The highest BCUT2D eigenvalue weighted by Gasteiger charge is 2.28. The van der Waals surface area contributed by atoms with Gasteiger partial charge in [-0.05, 0) is 36.5 Å². The number of benzene rings is 1. The van der Waals surface area contributed by atoms with Crippen molar-refractivity contribution in [2.24, 2.45) is 0 Å². The molecule has 12 heavy (non-hydrogen) atoms. The smallest absolute Gasteiger partial charge is 0.0476 e. The van der Waals surface area contributed by atoms with E-state index in [0.717, 1.165) is 5.56 Å². The number of rotatable bonds is 1. The van der Waals surface area contributed by atoms with Crippen LogP contribution in [-0.2, 0) is 0 Å². The summed E-state index contributed by atoms with van der Waals surface area (Å²) >= 11 is 12.0. The molecule has 1 fully saturated rings. The Labute approximate surface area is 81.5 Å². The summed E-state index contributed by atoms with van der Waals surface area (Å²) in [6.07, 6.45) is 2.40. The van der Waals surface area contributed by atoms with Gasteiger partial charge < -0.3 is 5.73 Å². The Kier molecular flexibility index (Phi) is 1.93. The van der Waals surface area contributed by atoms with Gasteiger partial charge in [0.1, 0.15) is 0 Å². The van der Waals surface area contributed by atoms with Gasteiger partial charge >= 0.3 is 0 Å². The van der Waals surface area contributed by atoms with Crippen molar-refractivity contribution in [1.29, 1.82) is 0 Å². The van der Waals surface area contributed by atoms with E-state index in [-0.39, 0.29) is 0 Å². The molecule has 1 aliphatic carbocycles. The van der Waals surface area contributed by atoms with Crippen LogP contribution >= 0.6 is 23.2 Å². The number of nitrogen functional groups attached to an aromatic ring is 1. The zero-order valence-corrected chi connectivity index (χ0v) is 7.99. The number of nitrogens with two attached hydrogens (primary N) is 1. The van der Waals surface area contributed by atoms with Gasteiger partial charge in [0.05, 0.1) is 0 Å². The Morgan fingerprint density at radius 2 is 1.67 bits per heavy atom. The van der Waals surface area contributed by atoms with Crippen molar-refractivity contribution < 1.29 is 0 Å². The van der Waals surface area contributed by atoms with Gasteiger partial charge in [-0.3, -0.25) is 0 Å². The molecule has 0 heterocycles. The number of halogens is 2. The van der Waals surface area contributed by atoms with E-state index < -0.39 is 0 Å². The van der Waals surface area contributed by atoms with Crippen molar-refractivity contribution in [3.05, 3.63) is 27.7 Å². The summed E-state index contributed by atoms with van der Waals surface area (Å²) in [4.78, 5) is 0. The molecular weight excluding hydrogens is 193 g/mol. The minimum Gasteiger partial charge on any atom is -0.399 e. The Hall–Kier alpha value is -0.400. The van der Waals surface area contributed by atoms with Crippen LogP contribution in [0.25, 0.3) is 0 Å². The van der Waals surface area contributed by atoms with Crippen molar-refractivity contribution in [3.63, 3.8) is 0 Å². The normalized spacial score (nSPS) is 16.5. The van der Waals surface area contributed by atoms with Gasteiger partial charge in [-0.1, -0.05) is 23.2 Å². The van der Waals surface area contributed by atoms with Crippen LogP contribution in [0.4, 0.5) is 5.69 Å². The molecule has 2 rings (SSSR count). The third-order valence-corrected chi connectivity index (χ3v) is 2.71. The molecule has 3 heteroatoms. The van der Waals surface area contributed by atoms with Crippen LogP contribution in [0.15, 0.2) is 12.1 Å². The Balaban J connectivity index is 2.51. The van der Waals surface area contributed by atoms with Gasteiger partial charge in [0.2, 0.25) is 0 Å². The molecule has 2 N–H and O–H groups in total. The lowest BCUT2D eigenvalue weighted by Crippen LogP contribution is -1.89. The summed E-state index contributed by atoms with van der Waals surface area (Å²) in [5.74, 6) is 0.575. The monoisotopic (exact) mass is 201 g/mol. The fourth-order valence-corrected chi connectivity index (χ4v) is 2.18. The molecule has 1 aliphatic rings. The second kappa shape index (κ2) is 2.82. The Morgan fingerprint density at radius 1 is 1.17 bits per heavy atom. The number of hydrogen-bond acceptors (Lipinski definition) is 1. The molecule has 0 bridgehead atoms. The average Bonchev–Trinajstić information content (AvgIpc) is 2.68. The van der Waals surface area contributed by atoms with Crippen molar-refractivity contribution in [1.82, 2.24) is 0 Å². The predicted molar refractivity (Wildman–Crippen MR) is 52.8 cm³/mol. The first-order valence-electron chi connectivity index (χ1n) is 3.93. The highest BCUT2D eigenvalue weighted by atomic mass is 35.5. The molecule has 64 valence electrons. The van der Waals surface area contributed by atoms with E-state index in [0.29, 0.717) is 21.7 Å². The van der Waals surface area contributed by atoms with Crippen molar-refractivity contribution in [3.8, 4) is 0 Å². The van der Waals surface area contributed by atoms with E-state index in [1.54, 1.807) is 12.1 Å².